The van der Waals surface area contributed by atoms with E-state index in [9.17, 15) is 14.4 Å². The SMILES string of the molecule is COC(=O)C(NC(C)=O)[C@H]1CC[C@H]2[C@@H]3CC[C@H]4N(C)C(=O)CC[C@]4(C)[C@H]3CC[C@]12C. The van der Waals surface area contributed by atoms with E-state index in [1.165, 1.54) is 20.5 Å². The second kappa shape index (κ2) is 7.52. The van der Waals surface area contributed by atoms with Crippen molar-refractivity contribution in [1.29, 1.82) is 0 Å². The fourth-order valence-corrected chi connectivity index (χ4v) is 8.41. The van der Waals surface area contributed by atoms with Crippen LogP contribution in [0.25, 0.3) is 0 Å². The maximum atomic E-state index is 12.6. The minimum atomic E-state index is -0.551. The van der Waals surface area contributed by atoms with Crippen LogP contribution in [-0.2, 0) is 19.1 Å². The van der Waals surface area contributed by atoms with Gasteiger partial charge in [0.2, 0.25) is 11.8 Å². The van der Waals surface area contributed by atoms with Crippen LogP contribution in [0, 0.1) is 34.5 Å². The first kappa shape index (κ1) is 21.6. The Kier molecular flexibility index (Phi) is 5.43. The summed E-state index contributed by atoms with van der Waals surface area (Å²) in [5.41, 5.74) is 0.242. The van der Waals surface area contributed by atoms with E-state index in [1.807, 2.05) is 11.9 Å². The molecule has 6 heteroatoms. The van der Waals surface area contributed by atoms with Gasteiger partial charge < -0.3 is 15.0 Å². The summed E-state index contributed by atoms with van der Waals surface area (Å²) < 4.78 is 5.07. The van der Waals surface area contributed by atoms with Crippen molar-refractivity contribution in [3.05, 3.63) is 0 Å². The Morgan fingerprint density at radius 3 is 2.43 bits per heavy atom. The minimum absolute atomic E-state index is 0.0437. The molecular weight excluding hydrogens is 380 g/mol. The summed E-state index contributed by atoms with van der Waals surface area (Å²) >= 11 is 0. The van der Waals surface area contributed by atoms with Gasteiger partial charge >= 0.3 is 5.97 Å². The highest BCUT2D eigenvalue weighted by atomic mass is 16.5. The molecule has 8 atom stereocenters. The maximum Gasteiger partial charge on any atom is 0.328 e. The number of fused-ring (bicyclic) bond motifs is 5. The second-order valence-electron chi connectivity index (χ2n) is 10.9. The molecular formula is C24H38N2O4. The Balaban J connectivity index is 1.60. The predicted molar refractivity (Wildman–Crippen MR) is 113 cm³/mol. The van der Waals surface area contributed by atoms with Crippen molar-refractivity contribution < 1.29 is 19.1 Å². The monoisotopic (exact) mass is 418 g/mol. The smallest absolute Gasteiger partial charge is 0.328 e. The normalized spacial score (nSPS) is 43.8. The molecule has 30 heavy (non-hydrogen) atoms. The molecule has 3 saturated carbocycles. The van der Waals surface area contributed by atoms with E-state index in [1.54, 1.807) is 0 Å². The van der Waals surface area contributed by atoms with Crippen LogP contribution >= 0.6 is 0 Å². The van der Waals surface area contributed by atoms with Gasteiger partial charge in [-0.3, -0.25) is 9.59 Å². The molecule has 0 aromatic rings. The van der Waals surface area contributed by atoms with E-state index >= 15 is 0 Å². The Morgan fingerprint density at radius 2 is 1.77 bits per heavy atom. The van der Waals surface area contributed by atoms with Crippen molar-refractivity contribution in [3.63, 3.8) is 0 Å². The van der Waals surface area contributed by atoms with E-state index in [4.69, 9.17) is 4.74 Å². The van der Waals surface area contributed by atoms with Gasteiger partial charge in [0.05, 0.1) is 7.11 Å². The van der Waals surface area contributed by atoms with Gasteiger partial charge in [-0.1, -0.05) is 13.8 Å². The van der Waals surface area contributed by atoms with Gasteiger partial charge in [0, 0.05) is 26.4 Å². The molecule has 1 N–H and O–H groups in total. The fourth-order valence-electron chi connectivity index (χ4n) is 8.41. The number of nitrogens with one attached hydrogen (secondary N) is 1. The van der Waals surface area contributed by atoms with Crippen LogP contribution in [0.5, 0.6) is 0 Å². The number of esters is 1. The molecule has 6 nitrogen and oxygen atoms in total. The highest BCUT2D eigenvalue weighted by Gasteiger charge is 2.62. The molecule has 4 fully saturated rings. The summed E-state index contributed by atoms with van der Waals surface area (Å²) in [7, 11) is 3.41. The first-order valence-electron chi connectivity index (χ1n) is 11.7. The van der Waals surface area contributed by atoms with Gasteiger partial charge in [-0.05, 0) is 79.4 Å². The topological polar surface area (TPSA) is 75.7 Å². The lowest BCUT2D eigenvalue weighted by Crippen LogP contribution is -2.61. The second-order valence-corrected chi connectivity index (χ2v) is 10.9. The molecule has 1 unspecified atom stereocenters. The molecule has 0 bridgehead atoms. The molecule has 4 rings (SSSR count). The Morgan fingerprint density at radius 1 is 1.07 bits per heavy atom. The quantitative estimate of drug-likeness (QED) is 0.715. The Labute approximate surface area is 180 Å². The average molecular weight is 419 g/mol. The highest BCUT2D eigenvalue weighted by molar-refractivity contribution is 5.83. The van der Waals surface area contributed by atoms with E-state index in [0.717, 1.165) is 38.5 Å². The number of nitrogens with zero attached hydrogens (tertiary/aromatic N) is 1. The van der Waals surface area contributed by atoms with Gasteiger partial charge in [-0.15, -0.1) is 0 Å². The third-order valence-corrected chi connectivity index (χ3v) is 9.85. The number of hydrogen-bond donors (Lipinski definition) is 1. The van der Waals surface area contributed by atoms with Crippen LogP contribution in [0.3, 0.4) is 0 Å². The minimum Gasteiger partial charge on any atom is -0.467 e. The molecule has 0 spiro atoms. The van der Waals surface area contributed by atoms with Crippen LogP contribution < -0.4 is 5.32 Å². The number of ether oxygens (including phenoxy) is 1. The zero-order valence-electron chi connectivity index (χ0n) is 19.2. The largest absolute Gasteiger partial charge is 0.467 e. The maximum absolute atomic E-state index is 12.6. The number of carbonyl (C=O) groups is 3. The number of hydrogen-bond acceptors (Lipinski definition) is 4. The molecule has 3 aliphatic carbocycles. The van der Waals surface area contributed by atoms with Crippen LogP contribution in [0.15, 0.2) is 0 Å². The molecule has 4 aliphatic rings. The number of likely N-dealkylation sites (tertiary alicyclic amines) is 1. The number of amides is 2. The van der Waals surface area contributed by atoms with E-state index < -0.39 is 6.04 Å². The third kappa shape index (κ3) is 3.08. The molecule has 168 valence electrons. The van der Waals surface area contributed by atoms with Crippen molar-refractivity contribution in [2.75, 3.05) is 14.2 Å². The summed E-state index contributed by atoms with van der Waals surface area (Å²) in [5.74, 6) is 1.79. The summed E-state index contributed by atoms with van der Waals surface area (Å²) in [6, 6.07) is -0.187. The van der Waals surface area contributed by atoms with Crippen LogP contribution in [0.1, 0.15) is 72.1 Å². The fraction of sp³-hybridized carbons (Fsp3) is 0.875. The molecule has 1 saturated heterocycles. The van der Waals surface area contributed by atoms with Gasteiger partial charge in [-0.2, -0.15) is 0 Å². The summed E-state index contributed by atoms with van der Waals surface area (Å²) in [4.78, 5) is 38.8. The number of carbonyl (C=O) groups excluding carboxylic acids is 3. The molecule has 2 amide bonds. The van der Waals surface area contributed by atoms with Crippen LogP contribution in [0.2, 0.25) is 0 Å². The van der Waals surface area contributed by atoms with Crippen LogP contribution in [0.4, 0.5) is 0 Å². The number of methoxy groups -OCH3 is 1. The Bertz CT molecular complexity index is 739. The molecule has 1 heterocycles. The van der Waals surface area contributed by atoms with E-state index in [2.05, 4.69) is 19.2 Å². The van der Waals surface area contributed by atoms with Crippen molar-refractivity contribution in [3.8, 4) is 0 Å². The molecule has 0 aromatic heterocycles. The van der Waals surface area contributed by atoms with Crippen molar-refractivity contribution >= 4 is 17.8 Å². The summed E-state index contributed by atoms with van der Waals surface area (Å²) in [6.07, 6.45) is 8.24. The van der Waals surface area contributed by atoms with Crippen molar-refractivity contribution in [1.82, 2.24) is 10.2 Å². The van der Waals surface area contributed by atoms with Gasteiger partial charge in [-0.25, -0.2) is 4.79 Å². The third-order valence-electron chi connectivity index (χ3n) is 9.85. The standard InChI is InChI=1S/C24H38N2O4/c1-14(27)25-21(22(29)30-5)18-8-7-16-15-6-9-19-24(3,13-11-20(28)26(19)4)17(15)10-12-23(16,18)2/h15-19,21H,6-13H2,1-5H3,(H,25,27)/t15-,16-,17-,18+,19+,21?,23-,24+/m0/s1. The lowest BCUT2D eigenvalue weighted by molar-refractivity contribution is -0.160. The van der Waals surface area contributed by atoms with Crippen molar-refractivity contribution in [2.45, 2.75) is 84.2 Å². The predicted octanol–water partition coefficient (Wildman–Crippen LogP) is 3.14. The average Bonchev–Trinajstić information content (AvgIpc) is 3.05. The zero-order chi connectivity index (χ0) is 21.8. The van der Waals surface area contributed by atoms with Crippen molar-refractivity contribution in [2.24, 2.45) is 34.5 Å². The highest BCUT2D eigenvalue weighted by Crippen LogP contribution is 2.66. The van der Waals surface area contributed by atoms with Gasteiger partial charge in [0.1, 0.15) is 6.04 Å². The summed E-state index contributed by atoms with van der Waals surface area (Å²) in [6.45, 7) is 6.26. The Hall–Kier alpha value is -1.59. The first-order chi connectivity index (χ1) is 14.1. The molecule has 0 radical (unpaired) electrons. The van der Waals surface area contributed by atoms with E-state index in [0.29, 0.717) is 36.1 Å². The lowest BCUT2D eigenvalue weighted by atomic mass is 9.46. The summed E-state index contributed by atoms with van der Waals surface area (Å²) in [5, 5.41) is 2.91. The number of rotatable bonds is 3. The van der Waals surface area contributed by atoms with E-state index in [-0.39, 0.29) is 28.6 Å². The number of piperidine rings is 1. The van der Waals surface area contributed by atoms with Gasteiger partial charge in [0.25, 0.3) is 0 Å². The van der Waals surface area contributed by atoms with Gasteiger partial charge in [0.15, 0.2) is 0 Å². The molecule has 1 aliphatic heterocycles. The lowest BCUT2D eigenvalue weighted by Gasteiger charge is -2.62. The molecule has 0 aromatic carbocycles. The van der Waals surface area contributed by atoms with Crippen LogP contribution in [-0.4, -0.2) is 48.9 Å². The first-order valence-corrected chi connectivity index (χ1v) is 11.7. The zero-order valence-corrected chi connectivity index (χ0v) is 19.2.